The average molecular weight is 349 g/mol. The lowest BCUT2D eigenvalue weighted by molar-refractivity contribution is -0.121. The van der Waals surface area contributed by atoms with E-state index in [0.29, 0.717) is 49.1 Å². The first kappa shape index (κ1) is 18.9. The Balaban J connectivity index is 0.00000242. The molecule has 1 aromatic carbocycles. The molecule has 0 bridgehead atoms. The Kier molecular flexibility index (Phi) is 8.38. The Hall–Kier alpha value is -1.17. The van der Waals surface area contributed by atoms with Crippen LogP contribution in [0.5, 0.6) is 11.5 Å². The first-order valence-corrected chi connectivity index (χ1v) is 7.58. The van der Waals surface area contributed by atoms with Crippen molar-refractivity contribution in [2.24, 2.45) is 0 Å². The molecule has 0 aromatic heterocycles. The van der Waals surface area contributed by atoms with Crippen LogP contribution in [-0.4, -0.2) is 39.3 Å². The smallest absolute Gasteiger partial charge is 0.220 e. The van der Waals surface area contributed by atoms with Gasteiger partial charge < -0.3 is 20.1 Å². The normalized spacial score (nSPS) is 12.5. The lowest BCUT2D eigenvalue weighted by Gasteiger charge is -2.20. The number of carbonyl (C=O) groups is 1. The van der Waals surface area contributed by atoms with Crippen molar-refractivity contribution in [1.82, 2.24) is 10.6 Å². The summed E-state index contributed by atoms with van der Waals surface area (Å²) in [5.41, 5.74) is 1.03. The zero-order valence-corrected chi connectivity index (χ0v) is 14.2. The Bertz CT molecular complexity index is 498. The van der Waals surface area contributed by atoms with Crippen LogP contribution >= 0.6 is 24.0 Å². The minimum atomic E-state index is 0. The average Bonchev–Trinajstić information content (AvgIpc) is 2.48. The van der Waals surface area contributed by atoms with E-state index in [4.69, 9.17) is 21.1 Å². The summed E-state index contributed by atoms with van der Waals surface area (Å²) in [4.78, 5) is 11.6. The standard InChI is InChI=1S/C15H21ClN2O3.ClH/c1-17-5-2-3-14(19)18-6-4-11-9-12(16)15-13(10-11)20-7-8-21-15;/h9-10,17H,2-8H2,1H3,(H,18,19);1H. The minimum Gasteiger partial charge on any atom is -0.486 e. The van der Waals surface area contributed by atoms with Gasteiger partial charge in [-0.05, 0) is 44.1 Å². The first-order valence-electron chi connectivity index (χ1n) is 7.20. The van der Waals surface area contributed by atoms with Crippen LogP contribution in [0.3, 0.4) is 0 Å². The molecule has 0 fully saturated rings. The molecule has 22 heavy (non-hydrogen) atoms. The van der Waals surface area contributed by atoms with E-state index in [1.54, 1.807) is 0 Å². The third-order valence-electron chi connectivity index (χ3n) is 3.22. The Morgan fingerprint density at radius 3 is 2.82 bits per heavy atom. The second kappa shape index (κ2) is 9.77. The van der Waals surface area contributed by atoms with E-state index in [9.17, 15) is 4.79 Å². The van der Waals surface area contributed by atoms with Crippen LogP contribution in [0.15, 0.2) is 12.1 Å². The van der Waals surface area contributed by atoms with Crippen molar-refractivity contribution in [3.63, 3.8) is 0 Å². The van der Waals surface area contributed by atoms with Crippen LogP contribution in [-0.2, 0) is 11.2 Å². The number of rotatable bonds is 7. The lowest BCUT2D eigenvalue weighted by Crippen LogP contribution is -2.26. The molecule has 1 heterocycles. The summed E-state index contributed by atoms with van der Waals surface area (Å²) in [7, 11) is 1.88. The molecule has 1 aliphatic heterocycles. The van der Waals surface area contributed by atoms with Gasteiger partial charge in [0.15, 0.2) is 11.5 Å². The molecular formula is C15H22Cl2N2O3. The predicted octanol–water partition coefficient (Wildman–Crippen LogP) is 2.19. The molecule has 2 N–H and O–H groups in total. The zero-order chi connectivity index (χ0) is 15.1. The summed E-state index contributed by atoms with van der Waals surface area (Å²) in [5.74, 6) is 1.38. The topological polar surface area (TPSA) is 59.6 Å². The molecule has 0 aliphatic carbocycles. The predicted molar refractivity (Wildman–Crippen MR) is 89.6 cm³/mol. The Morgan fingerprint density at radius 2 is 2.05 bits per heavy atom. The molecular weight excluding hydrogens is 327 g/mol. The molecule has 1 aliphatic rings. The largest absolute Gasteiger partial charge is 0.486 e. The van der Waals surface area contributed by atoms with Crippen LogP contribution in [0, 0.1) is 0 Å². The fourth-order valence-corrected chi connectivity index (χ4v) is 2.46. The minimum absolute atomic E-state index is 0. The third kappa shape index (κ3) is 5.55. The summed E-state index contributed by atoms with van der Waals surface area (Å²) in [6.07, 6.45) is 2.11. The van der Waals surface area contributed by atoms with Crippen molar-refractivity contribution in [3.8, 4) is 11.5 Å². The van der Waals surface area contributed by atoms with Crippen LogP contribution < -0.4 is 20.1 Å². The number of benzene rings is 1. The summed E-state index contributed by atoms with van der Waals surface area (Å²) in [6, 6.07) is 3.79. The van der Waals surface area contributed by atoms with Crippen molar-refractivity contribution < 1.29 is 14.3 Å². The van der Waals surface area contributed by atoms with E-state index in [0.717, 1.165) is 18.5 Å². The van der Waals surface area contributed by atoms with Crippen molar-refractivity contribution in [2.45, 2.75) is 19.3 Å². The Morgan fingerprint density at radius 1 is 1.27 bits per heavy atom. The second-order valence-electron chi connectivity index (χ2n) is 4.91. The highest BCUT2D eigenvalue weighted by Gasteiger charge is 2.16. The fourth-order valence-electron chi connectivity index (χ4n) is 2.17. The van der Waals surface area contributed by atoms with Gasteiger partial charge in [-0.15, -0.1) is 12.4 Å². The number of ether oxygens (including phenoxy) is 2. The van der Waals surface area contributed by atoms with Gasteiger partial charge in [0.1, 0.15) is 13.2 Å². The molecule has 2 rings (SSSR count). The van der Waals surface area contributed by atoms with E-state index in [-0.39, 0.29) is 18.3 Å². The van der Waals surface area contributed by atoms with Gasteiger partial charge >= 0.3 is 0 Å². The molecule has 0 spiro atoms. The summed E-state index contributed by atoms with van der Waals surface area (Å²) in [5, 5.41) is 6.49. The van der Waals surface area contributed by atoms with E-state index in [2.05, 4.69) is 10.6 Å². The van der Waals surface area contributed by atoms with Gasteiger partial charge in [-0.25, -0.2) is 0 Å². The molecule has 0 unspecified atom stereocenters. The van der Waals surface area contributed by atoms with Gasteiger partial charge in [0.05, 0.1) is 5.02 Å². The SMILES string of the molecule is CNCCCC(=O)NCCc1cc(Cl)c2c(c1)OCCO2.Cl. The zero-order valence-electron chi connectivity index (χ0n) is 12.6. The number of nitrogens with one attached hydrogen (secondary N) is 2. The van der Waals surface area contributed by atoms with E-state index >= 15 is 0 Å². The van der Waals surface area contributed by atoms with E-state index < -0.39 is 0 Å². The molecule has 124 valence electrons. The maximum Gasteiger partial charge on any atom is 0.220 e. The summed E-state index contributed by atoms with van der Waals surface area (Å²) in [6.45, 7) is 2.50. The molecule has 0 radical (unpaired) electrons. The monoisotopic (exact) mass is 348 g/mol. The Labute approximate surface area is 142 Å². The summed E-state index contributed by atoms with van der Waals surface area (Å²) >= 11 is 6.17. The highest BCUT2D eigenvalue weighted by atomic mass is 35.5. The number of hydrogen-bond donors (Lipinski definition) is 2. The molecule has 5 nitrogen and oxygen atoms in total. The van der Waals surface area contributed by atoms with Gasteiger partial charge in [0.25, 0.3) is 0 Å². The first-order chi connectivity index (χ1) is 10.2. The molecule has 7 heteroatoms. The lowest BCUT2D eigenvalue weighted by atomic mass is 10.1. The van der Waals surface area contributed by atoms with Gasteiger partial charge in [-0.1, -0.05) is 11.6 Å². The molecule has 1 aromatic rings. The van der Waals surface area contributed by atoms with Crippen LogP contribution in [0.1, 0.15) is 18.4 Å². The van der Waals surface area contributed by atoms with Crippen molar-refractivity contribution in [2.75, 3.05) is 33.4 Å². The molecule has 0 saturated carbocycles. The number of carbonyl (C=O) groups excluding carboxylic acids is 1. The number of amides is 1. The van der Waals surface area contributed by atoms with Crippen molar-refractivity contribution in [3.05, 3.63) is 22.7 Å². The number of hydrogen-bond acceptors (Lipinski definition) is 4. The van der Waals surface area contributed by atoms with Gasteiger partial charge in [0.2, 0.25) is 5.91 Å². The molecule has 1 amide bonds. The molecule has 0 saturated heterocycles. The summed E-state index contributed by atoms with van der Waals surface area (Å²) < 4.78 is 11.0. The molecule has 0 atom stereocenters. The van der Waals surface area contributed by atoms with Crippen LogP contribution in [0.4, 0.5) is 0 Å². The number of halogens is 2. The maximum atomic E-state index is 11.6. The van der Waals surface area contributed by atoms with Gasteiger partial charge in [-0.2, -0.15) is 0 Å². The highest BCUT2D eigenvalue weighted by Crippen LogP contribution is 2.38. The van der Waals surface area contributed by atoms with Crippen molar-refractivity contribution >= 4 is 29.9 Å². The maximum absolute atomic E-state index is 11.6. The van der Waals surface area contributed by atoms with E-state index in [1.165, 1.54) is 0 Å². The third-order valence-corrected chi connectivity index (χ3v) is 3.50. The fraction of sp³-hybridized carbons (Fsp3) is 0.533. The number of fused-ring (bicyclic) bond motifs is 1. The van der Waals surface area contributed by atoms with E-state index in [1.807, 2.05) is 19.2 Å². The second-order valence-corrected chi connectivity index (χ2v) is 5.32. The van der Waals surface area contributed by atoms with Gasteiger partial charge in [0, 0.05) is 13.0 Å². The quantitative estimate of drug-likeness (QED) is 0.741. The van der Waals surface area contributed by atoms with Crippen LogP contribution in [0.2, 0.25) is 5.02 Å². The highest BCUT2D eigenvalue weighted by molar-refractivity contribution is 6.32. The van der Waals surface area contributed by atoms with Gasteiger partial charge in [-0.3, -0.25) is 4.79 Å². The van der Waals surface area contributed by atoms with Crippen LogP contribution in [0.25, 0.3) is 0 Å². The van der Waals surface area contributed by atoms with Crippen molar-refractivity contribution in [1.29, 1.82) is 0 Å².